The first-order valence-electron chi connectivity index (χ1n) is 6.76. The van der Waals surface area contributed by atoms with Gasteiger partial charge in [-0.2, -0.15) is 0 Å². The van der Waals surface area contributed by atoms with E-state index < -0.39 is 8.56 Å². The number of rotatable bonds is 10. The smallest absolute Gasteiger partial charge is 0.329 e. The summed E-state index contributed by atoms with van der Waals surface area (Å²) in [6, 6.07) is 1.48. The van der Waals surface area contributed by atoms with Gasteiger partial charge in [0.25, 0.3) is 0 Å². The highest BCUT2D eigenvalue weighted by molar-refractivity contribution is 6.63. The Kier molecular flexibility index (Phi) is 6.57. The van der Waals surface area contributed by atoms with Crippen LogP contribution in [0.5, 0.6) is 0 Å². The Morgan fingerprint density at radius 3 is 2.12 bits per heavy atom. The Balaban J connectivity index is 1.70. The van der Waals surface area contributed by atoms with Crippen molar-refractivity contribution in [2.75, 3.05) is 6.54 Å². The number of unbranched alkanes of at least 4 members (excludes halogenated alkanes) is 5. The van der Waals surface area contributed by atoms with Crippen LogP contribution < -0.4 is 5.32 Å². The summed E-state index contributed by atoms with van der Waals surface area (Å²) in [5.41, 5.74) is 0. The van der Waals surface area contributed by atoms with Gasteiger partial charge in [0.2, 0.25) is 0 Å². The molecule has 3 N–H and O–H groups in total. The summed E-state index contributed by atoms with van der Waals surface area (Å²) >= 11 is 0. The second-order valence-electron chi connectivity index (χ2n) is 5.32. The van der Waals surface area contributed by atoms with Crippen LogP contribution in [0.4, 0.5) is 0 Å². The molecule has 0 aliphatic heterocycles. The fraction of sp³-hybridized carbons (Fsp3) is 1.00. The highest BCUT2D eigenvalue weighted by atomic mass is 28.4. The lowest BCUT2D eigenvalue weighted by atomic mass is 10.1. The van der Waals surface area contributed by atoms with Crippen LogP contribution in [0.25, 0.3) is 0 Å². The van der Waals surface area contributed by atoms with Crippen molar-refractivity contribution in [1.29, 1.82) is 0 Å². The average molecular weight is 245 g/mol. The maximum absolute atomic E-state index is 9.23. The van der Waals surface area contributed by atoms with Crippen LogP contribution in [-0.2, 0) is 0 Å². The molecule has 1 aliphatic carbocycles. The maximum atomic E-state index is 9.23. The first-order valence-corrected chi connectivity index (χ1v) is 9.36. The predicted molar refractivity (Wildman–Crippen MR) is 69.6 cm³/mol. The topological polar surface area (TPSA) is 52.5 Å². The monoisotopic (exact) mass is 245 g/mol. The summed E-state index contributed by atoms with van der Waals surface area (Å²) in [5.74, 6) is 0. The van der Waals surface area contributed by atoms with E-state index in [2.05, 4.69) is 5.32 Å². The van der Waals surface area contributed by atoms with Crippen molar-refractivity contribution in [2.45, 2.75) is 70.0 Å². The Bertz CT molecular complexity index is 178. The molecule has 3 nitrogen and oxygen atoms in total. The fourth-order valence-electron chi connectivity index (χ4n) is 1.89. The number of nitrogens with one attached hydrogen (secondary N) is 1. The van der Waals surface area contributed by atoms with E-state index in [1.165, 1.54) is 45.1 Å². The van der Waals surface area contributed by atoms with Crippen molar-refractivity contribution < 1.29 is 9.59 Å². The highest BCUT2D eigenvalue weighted by Crippen LogP contribution is 2.18. The van der Waals surface area contributed by atoms with E-state index in [0.29, 0.717) is 6.04 Å². The molecule has 0 heterocycles. The first kappa shape index (κ1) is 14.2. The molecule has 1 saturated carbocycles. The van der Waals surface area contributed by atoms with Gasteiger partial charge >= 0.3 is 8.56 Å². The molecule has 0 aromatic heterocycles. The summed E-state index contributed by atoms with van der Waals surface area (Å²) in [5, 5.41) is 3.52. The number of hydrogen-bond donors (Lipinski definition) is 3. The minimum Gasteiger partial charge on any atom is -0.411 e. The summed E-state index contributed by atoms with van der Waals surface area (Å²) in [7, 11) is -2.75. The second-order valence-corrected chi connectivity index (χ2v) is 8.25. The molecule has 4 heteroatoms. The molecule has 0 atom stereocenters. The van der Waals surface area contributed by atoms with E-state index in [1.807, 2.05) is 0 Å². The van der Waals surface area contributed by atoms with Gasteiger partial charge < -0.3 is 14.9 Å². The zero-order valence-corrected chi connectivity index (χ0v) is 11.5. The van der Waals surface area contributed by atoms with Crippen LogP contribution in [0.2, 0.25) is 12.6 Å². The molecule has 1 rings (SSSR count). The molecule has 0 amide bonds. The van der Waals surface area contributed by atoms with E-state index >= 15 is 0 Å². The van der Waals surface area contributed by atoms with Crippen molar-refractivity contribution in [3.8, 4) is 0 Å². The molecular formula is C12H27NO2Si. The van der Waals surface area contributed by atoms with Gasteiger partial charge in [0.05, 0.1) is 0 Å². The third-order valence-corrected chi connectivity index (χ3v) is 4.39. The van der Waals surface area contributed by atoms with Gasteiger partial charge in [0.1, 0.15) is 0 Å². The quantitative estimate of drug-likeness (QED) is 0.408. The van der Waals surface area contributed by atoms with Crippen molar-refractivity contribution in [2.24, 2.45) is 0 Å². The van der Waals surface area contributed by atoms with Gasteiger partial charge in [0, 0.05) is 6.04 Å². The Morgan fingerprint density at radius 2 is 1.56 bits per heavy atom. The molecule has 0 unspecified atom stereocenters. The van der Waals surface area contributed by atoms with E-state index in [1.54, 1.807) is 6.55 Å². The minimum atomic E-state index is -2.75. The minimum absolute atomic E-state index is 0.635. The van der Waals surface area contributed by atoms with E-state index in [4.69, 9.17) is 0 Å². The lowest BCUT2D eigenvalue weighted by Gasteiger charge is -2.10. The van der Waals surface area contributed by atoms with Crippen molar-refractivity contribution >= 4 is 8.56 Å². The second kappa shape index (κ2) is 7.43. The van der Waals surface area contributed by atoms with E-state index in [0.717, 1.165) is 18.9 Å². The highest BCUT2D eigenvalue weighted by Gasteiger charge is 2.20. The molecule has 0 aromatic rings. The van der Waals surface area contributed by atoms with E-state index in [-0.39, 0.29) is 0 Å². The molecule has 0 saturated heterocycles. The average Bonchev–Trinajstić information content (AvgIpc) is 2.97. The third kappa shape index (κ3) is 9.33. The lowest BCUT2D eigenvalue weighted by Crippen LogP contribution is -2.29. The van der Waals surface area contributed by atoms with Gasteiger partial charge in [-0.3, -0.25) is 0 Å². The molecule has 16 heavy (non-hydrogen) atoms. The predicted octanol–water partition coefficient (Wildman–Crippen LogP) is 2.14. The Labute approximate surface area is 101 Å². The first-order chi connectivity index (χ1) is 7.58. The molecule has 1 aliphatic rings. The van der Waals surface area contributed by atoms with Crippen LogP contribution in [0.3, 0.4) is 0 Å². The molecule has 0 bridgehead atoms. The summed E-state index contributed by atoms with van der Waals surface area (Å²) in [4.78, 5) is 18.5. The zero-order chi connectivity index (χ0) is 11.9. The molecular weight excluding hydrogens is 218 g/mol. The normalized spacial score (nSPS) is 16.7. The van der Waals surface area contributed by atoms with Gasteiger partial charge in [-0.1, -0.05) is 32.1 Å². The molecule has 1 fully saturated rings. The summed E-state index contributed by atoms with van der Waals surface area (Å²) in [6.07, 6.45) is 10.0. The van der Waals surface area contributed by atoms with Gasteiger partial charge in [-0.05, 0) is 38.4 Å². The largest absolute Gasteiger partial charge is 0.411 e. The fourth-order valence-corrected chi connectivity index (χ4v) is 2.81. The number of hydrogen-bond acceptors (Lipinski definition) is 3. The standard InChI is InChI=1S/C12H27NO2Si/c1-16(14,15)11-7-5-3-2-4-6-10-13-12-8-9-12/h12-15H,2-11H2,1H3. The van der Waals surface area contributed by atoms with Gasteiger partial charge in [0.15, 0.2) is 0 Å². The summed E-state index contributed by atoms with van der Waals surface area (Å²) < 4.78 is 0. The van der Waals surface area contributed by atoms with Crippen molar-refractivity contribution in [3.63, 3.8) is 0 Å². The van der Waals surface area contributed by atoms with Crippen LogP contribution in [0, 0.1) is 0 Å². The molecule has 96 valence electrons. The van der Waals surface area contributed by atoms with Crippen molar-refractivity contribution in [1.82, 2.24) is 5.32 Å². The van der Waals surface area contributed by atoms with Gasteiger partial charge in [-0.25, -0.2) is 0 Å². The molecule has 0 aromatic carbocycles. The van der Waals surface area contributed by atoms with E-state index in [9.17, 15) is 9.59 Å². The Morgan fingerprint density at radius 1 is 1.00 bits per heavy atom. The van der Waals surface area contributed by atoms with Crippen LogP contribution in [-0.4, -0.2) is 30.7 Å². The van der Waals surface area contributed by atoms with Crippen LogP contribution in [0.1, 0.15) is 51.4 Å². The third-order valence-electron chi connectivity index (χ3n) is 3.09. The molecule has 0 spiro atoms. The van der Waals surface area contributed by atoms with Crippen molar-refractivity contribution in [3.05, 3.63) is 0 Å². The van der Waals surface area contributed by atoms with Gasteiger partial charge in [-0.15, -0.1) is 0 Å². The van der Waals surface area contributed by atoms with Crippen LogP contribution in [0.15, 0.2) is 0 Å². The molecule has 0 radical (unpaired) electrons. The SMILES string of the molecule is C[Si](O)(O)CCCCCCCCNC1CC1. The lowest BCUT2D eigenvalue weighted by molar-refractivity contribution is 0.366. The Hall–Kier alpha value is 0.0969. The maximum Gasteiger partial charge on any atom is 0.329 e. The summed E-state index contributed by atoms with van der Waals surface area (Å²) in [6.45, 7) is 2.78. The van der Waals surface area contributed by atoms with Crippen LogP contribution >= 0.6 is 0 Å². The zero-order valence-electron chi connectivity index (χ0n) is 10.5.